The van der Waals surface area contributed by atoms with Crippen molar-refractivity contribution in [1.82, 2.24) is 16.1 Å². The molecule has 0 saturated heterocycles. The van der Waals surface area contributed by atoms with Crippen molar-refractivity contribution in [2.75, 3.05) is 13.1 Å². The zero-order valence-corrected chi connectivity index (χ0v) is 18.3. The van der Waals surface area contributed by atoms with Gasteiger partial charge < -0.3 is 28.3 Å². The molecule has 0 aliphatic carbocycles. The van der Waals surface area contributed by atoms with E-state index >= 15 is 0 Å². The molecule has 2 aromatic carbocycles. The Labute approximate surface area is 192 Å². The van der Waals surface area contributed by atoms with Gasteiger partial charge in [0.15, 0.2) is 5.96 Å². The van der Waals surface area contributed by atoms with Crippen molar-refractivity contribution in [2.45, 2.75) is 31.6 Å². The maximum Gasteiger partial charge on any atom is 0.267 e. The van der Waals surface area contributed by atoms with E-state index in [2.05, 4.69) is 15.6 Å². The van der Waals surface area contributed by atoms with Gasteiger partial charge in [-0.05, 0) is 41.7 Å². The maximum atomic E-state index is 12.3. The van der Waals surface area contributed by atoms with Crippen LogP contribution >= 0.6 is 0 Å². The van der Waals surface area contributed by atoms with Crippen molar-refractivity contribution in [3.63, 3.8) is 0 Å². The standard InChI is InChI=1S/C22H32N8O3/c23-12-18(21(32)30-33)29-20(31)17-9-7-16(8-10-17)15-5-3-14(4-6-15)13-28-19(24)2-1-11-27-22(25)26/h3-10,18-19,28,33H,1-2,11-13,23-24H2,(H,29,31)(H,30,32)(H4,25,26,27)/t18-,19+/m0/s1. The van der Waals surface area contributed by atoms with Crippen molar-refractivity contribution in [2.24, 2.45) is 27.9 Å². The second-order valence-electron chi connectivity index (χ2n) is 7.45. The number of hydrogen-bond donors (Lipinski definition) is 8. The highest BCUT2D eigenvalue weighted by atomic mass is 16.5. The van der Waals surface area contributed by atoms with Gasteiger partial charge in [0.2, 0.25) is 0 Å². The third kappa shape index (κ3) is 8.50. The van der Waals surface area contributed by atoms with Crippen molar-refractivity contribution in [3.05, 3.63) is 59.7 Å². The topological polar surface area (TPSA) is 207 Å². The molecule has 2 atom stereocenters. The van der Waals surface area contributed by atoms with E-state index in [0.717, 1.165) is 29.5 Å². The minimum absolute atomic E-state index is 0.0850. The first-order valence-electron chi connectivity index (χ1n) is 10.5. The van der Waals surface area contributed by atoms with Crippen LogP contribution in [0.25, 0.3) is 11.1 Å². The molecule has 0 unspecified atom stereocenters. The van der Waals surface area contributed by atoms with Crippen molar-refractivity contribution in [3.8, 4) is 11.1 Å². The van der Waals surface area contributed by atoms with Crippen LogP contribution in [0.4, 0.5) is 0 Å². The summed E-state index contributed by atoms with van der Waals surface area (Å²) in [4.78, 5) is 27.7. The van der Waals surface area contributed by atoms with Crippen molar-refractivity contribution >= 4 is 17.8 Å². The molecule has 11 nitrogen and oxygen atoms in total. The molecular formula is C22H32N8O3. The molecule has 0 saturated carbocycles. The first kappa shape index (κ1) is 25.7. The lowest BCUT2D eigenvalue weighted by Crippen LogP contribution is -2.50. The van der Waals surface area contributed by atoms with E-state index in [0.29, 0.717) is 18.7 Å². The zero-order chi connectivity index (χ0) is 24.2. The van der Waals surface area contributed by atoms with Crippen LogP contribution in [-0.2, 0) is 11.3 Å². The Kier molecular flexibility index (Phi) is 10.2. The fourth-order valence-corrected chi connectivity index (χ4v) is 3.05. The van der Waals surface area contributed by atoms with E-state index in [1.165, 1.54) is 5.48 Å². The van der Waals surface area contributed by atoms with Gasteiger partial charge in [-0.3, -0.25) is 25.1 Å². The van der Waals surface area contributed by atoms with Crippen LogP contribution in [0.1, 0.15) is 28.8 Å². The smallest absolute Gasteiger partial charge is 0.267 e. The Bertz CT molecular complexity index is 928. The molecule has 0 heterocycles. The number of nitrogens with zero attached hydrogens (tertiary/aromatic N) is 1. The highest BCUT2D eigenvalue weighted by Crippen LogP contribution is 2.20. The van der Waals surface area contributed by atoms with Gasteiger partial charge in [-0.2, -0.15) is 0 Å². The van der Waals surface area contributed by atoms with Crippen LogP contribution in [0.15, 0.2) is 53.5 Å². The number of carbonyl (C=O) groups is 2. The molecule has 0 aliphatic heterocycles. The van der Waals surface area contributed by atoms with E-state index in [9.17, 15) is 9.59 Å². The SMILES string of the molecule is NC[C@H](NC(=O)c1ccc(-c2ccc(CN[C@@H](N)CCCN=C(N)N)cc2)cc1)C(=O)NO. The molecule has 178 valence electrons. The number of amides is 2. The van der Waals surface area contributed by atoms with Gasteiger partial charge in [0, 0.05) is 25.2 Å². The van der Waals surface area contributed by atoms with E-state index in [1.807, 2.05) is 36.4 Å². The summed E-state index contributed by atoms with van der Waals surface area (Å²) in [5.41, 5.74) is 27.0. The van der Waals surface area contributed by atoms with Crippen LogP contribution in [0.5, 0.6) is 0 Å². The number of guanidine groups is 1. The molecule has 0 fully saturated rings. The summed E-state index contributed by atoms with van der Waals surface area (Å²) in [6, 6.07) is 13.9. The maximum absolute atomic E-state index is 12.3. The van der Waals surface area contributed by atoms with Gasteiger partial charge >= 0.3 is 0 Å². The minimum Gasteiger partial charge on any atom is -0.370 e. The Balaban J connectivity index is 1.88. The van der Waals surface area contributed by atoms with Crippen LogP contribution in [0, 0.1) is 0 Å². The van der Waals surface area contributed by atoms with Crippen LogP contribution in [0.2, 0.25) is 0 Å². The van der Waals surface area contributed by atoms with Crippen LogP contribution in [0.3, 0.4) is 0 Å². The monoisotopic (exact) mass is 456 g/mol. The Morgan fingerprint density at radius 2 is 1.61 bits per heavy atom. The number of hydrogen-bond acceptors (Lipinski definition) is 7. The second-order valence-corrected chi connectivity index (χ2v) is 7.45. The zero-order valence-electron chi connectivity index (χ0n) is 18.3. The summed E-state index contributed by atoms with van der Waals surface area (Å²) in [7, 11) is 0. The Hall–Kier alpha value is -3.51. The van der Waals surface area contributed by atoms with Crippen LogP contribution in [-0.4, -0.2) is 48.3 Å². The summed E-state index contributed by atoms with van der Waals surface area (Å²) < 4.78 is 0. The van der Waals surface area contributed by atoms with Crippen LogP contribution < -0.4 is 39.0 Å². The quantitative estimate of drug-likeness (QED) is 0.0512. The van der Waals surface area contributed by atoms with E-state index in [4.69, 9.17) is 28.1 Å². The molecular weight excluding hydrogens is 424 g/mol. The largest absolute Gasteiger partial charge is 0.370 e. The highest BCUT2D eigenvalue weighted by molar-refractivity contribution is 5.97. The highest BCUT2D eigenvalue weighted by Gasteiger charge is 2.19. The molecule has 0 aliphatic rings. The van der Waals surface area contributed by atoms with E-state index < -0.39 is 17.9 Å². The Morgan fingerprint density at radius 3 is 2.15 bits per heavy atom. The average molecular weight is 457 g/mol. The third-order valence-electron chi connectivity index (χ3n) is 4.94. The lowest BCUT2D eigenvalue weighted by Gasteiger charge is -2.15. The number of benzene rings is 2. The van der Waals surface area contributed by atoms with Crippen molar-refractivity contribution in [1.29, 1.82) is 0 Å². The molecule has 12 N–H and O–H groups in total. The third-order valence-corrected chi connectivity index (χ3v) is 4.94. The van der Waals surface area contributed by atoms with Gasteiger partial charge in [-0.15, -0.1) is 0 Å². The first-order valence-corrected chi connectivity index (χ1v) is 10.5. The molecule has 0 aromatic heterocycles. The lowest BCUT2D eigenvalue weighted by atomic mass is 10.0. The van der Waals surface area contributed by atoms with Gasteiger partial charge in [0.25, 0.3) is 11.8 Å². The van der Waals surface area contributed by atoms with Gasteiger partial charge in [-0.25, -0.2) is 5.48 Å². The fourth-order valence-electron chi connectivity index (χ4n) is 3.05. The Morgan fingerprint density at radius 1 is 1.00 bits per heavy atom. The molecule has 33 heavy (non-hydrogen) atoms. The normalized spacial score (nSPS) is 12.5. The van der Waals surface area contributed by atoms with Crippen molar-refractivity contribution < 1.29 is 14.8 Å². The molecule has 0 bridgehead atoms. The van der Waals surface area contributed by atoms with Gasteiger partial charge in [0.1, 0.15) is 6.04 Å². The summed E-state index contributed by atoms with van der Waals surface area (Å²) in [5.74, 6) is -1.15. The van der Waals surface area contributed by atoms with E-state index in [1.54, 1.807) is 12.1 Å². The van der Waals surface area contributed by atoms with Gasteiger partial charge in [0.05, 0.1) is 6.17 Å². The molecule has 2 rings (SSSR count). The summed E-state index contributed by atoms with van der Waals surface area (Å²) in [6.45, 7) is 1.05. The number of hydroxylamine groups is 1. The molecule has 0 spiro atoms. The summed E-state index contributed by atoms with van der Waals surface area (Å²) >= 11 is 0. The first-order chi connectivity index (χ1) is 15.8. The number of carbonyl (C=O) groups excluding carboxylic acids is 2. The number of aliphatic imine (C=N–C) groups is 1. The minimum atomic E-state index is -1.02. The molecule has 2 aromatic rings. The lowest BCUT2D eigenvalue weighted by molar-refractivity contribution is -0.130. The number of rotatable bonds is 12. The molecule has 11 heteroatoms. The number of nitrogens with one attached hydrogen (secondary N) is 3. The summed E-state index contributed by atoms with van der Waals surface area (Å²) in [5, 5.41) is 14.4. The summed E-state index contributed by atoms with van der Waals surface area (Å²) in [6.07, 6.45) is 1.39. The average Bonchev–Trinajstić information content (AvgIpc) is 2.83. The van der Waals surface area contributed by atoms with E-state index in [-0.39, 0.29) is 18.7 Å². The predicted octanol–water partition coefficient (Wildman–Crippen LogP) is -0.656. The molecule has 2 amide bonds. The second kappa shape index (κ2) is 13.1. The fraction of sp³-hybridized carbons (Fsp3) is 0.318. The predicted molar refractivity (Wildman–Crippen MR) is 127 cm³/mol. The molecule has 0 radical (unpaired) electrons. The number of nitrogens with two attached hydrogens (primary N) is 4. The van der Waals surface area contributed by atoms with Gasteiger partial charge in [-0.1, -0.05) is 36.4 Å².